The number of aromatic nitrogens is 3. The average molecular weight is 355 g/mol. The Bertz CT molecular complexity index is 1010. The summed E-state index contributed by atoms with van der Waals surface area (Å²) in [5.74, 6) is -1.43. The highest BCUT2D eigenvalue weighted by Crippen LogP contribution is 2.29. The number of fused-ring (bicyclic) bond motifs is 1. The molecule has 134 valence electrons. The molecule has 0 radical (unpaired) electrons. The molecule has 1 aromatic carbocycles. The van der Waals surface area contributed by atoms with Gasteiger partial charge in [-0.15, -0.1) is 0 Å². The Morgan fingerprint density at radius 3 is 2.85 bits per heavy atom. The fraction of sp³-hybridized carbons (Fsp3) is 0.278. The molecule has 0 aliphatic heterocycles. The molecule has 1 fully saturated rings. The smallest absolute Gasteiger partial charge is 0.252 e. The largest absolute Gasteiger partial charge is 0.505 e. The minimum absolute atomic E-state index is 0.0579. The third-order valence-electron chi connectivity index (χ3n) is 4.71. The van der Waals surface area contributed by atoms with Gasteiger partial charge in [-0.3, -0.25) is 9.89 Å². The molecule has 0 atom stereocenters. The number of phenols is 1. The first kappa shape index (κ1) is 16.5. The summed E-state index contributed by atoms with van der Waals surface area (Å²) < 4.78 is 13.7. The summed E-state index contributed by atoms with van der Waals surface area (Å²) in [5, 5.41) is 19.9. The molecule has 26 heavy (non-hydrogen) atoms. The van der Waals surface area contributed by atoms with Gasteiger partial charge in [-0.1, -0.05) is 0 Å². The lowest BCUT2D eigenvalue weighted by Gasteiger charge is -2.33. The van der Waals surface area contributed by atoms with Crippen molar-refractivity contribution < 1.29 is 14.3 Å². The van der Waals surface area contributed by atoms with E-state index < -0.39 is 11.6 Å². The van der Waals surface area contributed by atoms with Gasteiger partial charge in [0.05, 0.1) is 22.3 Å². The zero-order valence-corrected chi connectivity index (χ0v) is 14.1. The normalized spacial score (nSPS) is 19.3. The molecule has 3 aromatic rings. The van der Waals surface area contributed by atoms with Gasteiger partial charge in [0.25, 0.3) is 5.91 Å². The van der Waals surface area contributed by atoms with Crippen LogP contribution in [0.1, 0.15) is 28.9 Å². The van der Waals surface area contributed by atoms with E-state index >= 15 is 0 Å². The molecule has 2 heterocycles. The maximum Gasteiger partial charge on any atom is 0.252 e. The van der Waals surface area contributed by atoms with Crippen LogP contribution in [0.5, 0.6) is 5.75 Å². The minimum Gasteiger partial charge on any atom is -0.505 e. The molecule has 1 aliphatic rings. The van der Waals surface area contributed by atoms with Crippen molar-refractivity contribution in [1.82, 2.24) is 20.5 Å². The van der Waals surface area contributed by atoms with Crippen LogP contribution in [0.4, 0.5) is 4.39 Å². The van der Waals surface area contributed by atoms with Crippen molar-refractivity contribution in [2.45, 2.75) is 31.8 Å². The van der Waals surface area contributed by atoms with Gasteiger partial charge < -0.3 is 16.2 Å². The number of H-pyrrole nitrogens is 1. The van der Waals surface area contributed by atoms with Crippen LogP contribution < -0.4 is 11.1 Å². The number of hydrogen-bond acceptors (Lipinski definition) is 5. The third kappa shape index (κ3) is 2.78. The molecular formula is C18H18FN5O2. The summed E-state index contributed by atoms with van der Waals surface area (Å²) in [6.07, 6.45) is 1.50. The summed E-state index contributed by atoms with van der Waals surface area (Å²) in [6.45, 7) is 1.79. The van der Waals surface area contributed by atoms with E-state index in [2.05, 4.69) is 20.5 Å². The minimum atomic E-state index is -0.750. The van der Waals surface area contributed by atoms with Crippen molar-refractivity contribution in [3.8, 4) is 17.0 Å². The Morgan fingerprint density at radius 2 is 2.15 bits per heavy atom. The molecule has 4 rings (SSSR count). The monoisotopic (exact) mass is 355 g/mol. The lowest BCUT2D eigenvalue weighted by Crippen LogP contribution is -2.50. The predicted molar refractivity (Wildman–Crippen MR) is 94.1 cm³/mol. The zero-order valence-electron chi connectivity index (χ0n) is 14.1. The van der Waals surface area contributed by atoms with Crippen LogP contribution in [0, 0.1) is 12.7 Å². The van der Waals surface area contributed by atoms with Crippen molar-refractivity contribution in [3.05, 3.63) is 41.3 Å². The number of carbonyl (C=O) groups is 1. The van der Waals surface area contributed by atoms with E-state index in [0.29, 0.717) is 33.5 Å². The summed E-state index contributed by atoms with van der Waals surface area (Å²) in [7, 11) is 0. The maximum atomic E-state index is 13.7. The van der Waals surface area contributed by atoms with Crippen LogP contribution in [0.25, 0.3) is 22.3 Å². The van der Waals surface area contributed by atoms with Gasteiger partial charge in [-0.05, 0) is 44.0 Å². The molecule has 0 bridgehead atoms. The van der Waals surface area contributed by atoms with Gasteiger partial charge in [0.2, 0.25) is 0 Å². The van der Waals surface area contributed by atoms with Crippen molar-refractivity contribution in [1.29, 1.82) is 0 Å². The molecule has 1 amide bonds. The maximum absolute atomic E-state index is 13.7. The fourth-order valence-corrected chi connectivity index (χ4v) is 3.22. The number of nitrogens with two attached hydrogens (primary N) is 1. The molecular weight excluding hydrogens is 337 g/mol. The highest BCUT2D eigenvalue weighted by Gasteiger charge is 2.28. The zero-order chi connectivity index (χ0) is 18.4. The van der Waals surface area contributed by atoms with E-state index in [-0.39, 0.29) is 18.0 Å². The molecule has 0 unspecified atom stereocenters. The van der Waals surface area contributed by atoms with Crippen LogP contribution in [0.2, 0.25) is 0 Å². The standard InChI is InChI=1S/C18H18FN5O2/c1-8-16-12(18(26)21-11-5-10(20)6-11)7-14(22-17(16)24-23-8)9-2-3-15(25)13(19)4-9/h2-4,7,10-11,25H,5-6,20H2,1H3,(H,21,26)(H,22,23,24)/t10-,11-. The number of halogens is 1. The van der Waals surface area contributed by atoms with Gasteiger partial charge in [0, 0.05) is 17.6 Å². The highest BCUT2D eigenvalue weighted by molar-refractivity contribution is 6.07. The van der Waals surface area contributed by atoms with Crippen LogP contribution in [0.15, 0.2) is 24.3 Å². The fourth-order valence-electron chi connectivity index (χ4n) is 3.22. The van der Waals surface area contributed by atoms with Gasteiger partial charge >= 0.3 is 0 Å². The van der Waals surface area contributed by atoms with Gasteiger partial charge in [0.15, 0.2) is 17.2 Å². The molecule has 7 nitrogen and oxygen atoms in total. The Labute approximate surface area is 148 Å². The van der Waals surface area contributed by atoms with E-state index in [1.807, 2.05) is 0 Å². The van der Waals surface area contributed by atoms with Crippen LogP contribution in [-0.4, -0.2) is 38.3 Å². The second-order valence-electron chi connectivity index (χ2n) is 6.66. The van der Waals surface area contributed by atoms with E-state index in [9.17, 15) is 14.3 Å². The van der Waals surface area contributed by atoms with Crippen molar-refractivity contribution in [2.24, 2.45) is 5.73 Å². The van der Waals surface area contributed by atoms with Gasteiger partial charge in [-0.25, -0.2) is 9.37 Å². The molecule has 0 spiro atoms. The Hall–Kier alpha value is -3.00. The summed E-state index contributed by atoms with van der Waals surface area (Å²) in [4.78, 5) is 17.2. The number of benzene rings is 1. The summed E-state index contributed by atoms with van der Waals surface area (Å²) in [5.41, 5.74) is 8.17. The number of pyridine rings is 1. The van der Waals surface area contributed by atoms with Gasteiger partial charge in [-0.2, -0.15) is 5.10 Å². The second kappa shape index (κ2) is 6.06. The van der Waals surface area contributed by atoms with E-state index in [4.69, 9.17) is 5.73 Å². The van der Waals surface area contributed by atoms with Crippen LogP contribution >= 0.6 is 0 Å². The number of amides is 1. The molecule has 1 aliphatic carbocycles. The number of nitrogens with zero attached hydrogens (tertiary/aromatic N) is 2. The Morgan fingerprint density at radius 1 is 1.38 bits per heavy atom. The number of carbonyl (C=O) groups excluding carboxylic acids is 1. The SMILES string of the molecule is Cc1n[nH]c2nc(-c3ccc(O)c(F)c3)cc(C(=O)N[C@H]3C[C@H](N)C3)c12. The number of nitrogens with one attached hydrogen (secondary N) is 2. The van der Waals surface area contributed by atoms with E-state index in [1.54, 1.807) is 19.1 Å². The van der Waals surface area contributed by atoms with Gasteiger partial charge in [0.1, 0.15) is 0 Å². The molecule has 5 N–H and O–H groups in total. The first-order chi connectivity index (χ1) is 12.4. The van der Waals surface area contributed by atoms with Crippen molar-refractivity contribution >= 4 is 16.9 Å². The van der Waals surface area contributed by atoms with Crippen molar-refractivity contribution in [3.63, 3.8) is 0 Å². The highest BCUT2D eigenvalue weighted by atomic mass is 19.1. The topological polar surface area (TPSA) is 117 Å². The van der Waals surface area contributed by atoms with E-state index in [0.717, 1.165) is 12.8 Å². The van der Waals surface area contributed by atoms with Crippen molar-refractivity contribution in [2.75, 3.05) is 0 Å². The third-order valence-corrected chi connectivity index (χ3v) is 4.71. The molecule has 1 saturated carbocycles. The van der Waals surface area contributed by atoms with E-state index in [1.165, 1.54) is 12.1 Å². The Balaban J connectivity index is 1.78. The van der Waals surface area contributed by atoms with Crippen LogP contribution in [-0.2, 0) is 0 Å². The number of rotatable bonds is 3. The number of aromatic amines is 1. The number of hydrogen-bond donors (Lipinski definition) is 4. The summed E-state index contributed by atoms with van der Waals surface area (Å²) >= 11 is 0. The first-order valence-corrected chi connectivity index (χ1v) is 8.33. The molecule has 8 heteroatoms. The second-order valence-corrected chi connectivity index (χ2v) is 6.66. The number of phenolic OH excluding ortho intramolecular Hbond substituents is 1. The molecule has 2 aromatic heterocycles. The Kier molecular flexibility index (Phi) is 3.84. The average Bonchev–Trinajstić information content (AvgIpc) is 2.96. The predicted octanol–water partition coefficient (Wildman–Crippen LogP) is 2.00. The molecule has 0 saturated heterocycles. The lowest BCUT2D eigenvalue weighted by molar-refractivity contribution is 0.0912. The van der Waals surface area contributed by atoms with Crippen LogP contribution in [0.3, 0.4) is 0 Å². The number of aromatic hydroxyl groups is 1. The number of aryl methyl sites for hydroxylation is 1. The summed E-state index contributed by atoms with van der Waals surface area (Å²) in [6, 6.07) is 5.78. The lowest BCUT2D eigenvalue weighted by atomic mass is 9.87. The quantitative estimate of drug-likeness (QED) is 0.573. The first-order valence-electron chi connectivity index (χ1n) is 8.33.